The first kappa shape index (κ1) is 10.2. The van der Waals surface area contributed by atoms with Gasteiger partial charge in [0, 0.05) is 0 Å². The average Bonchev–Trinajstić information content (AvgIpc) is 2.68. The van der Waals surface area contributed by atoms with E-state index in [1.807, 2.05) is 18.2 Å². The predicted molar refractivity (Wildman–Crippen MR) is 57.7 cm³/mol. The molecule has 0 aliphatic carbocycles. The molecule has 0 saturated carbocycles. The first-order chi connectivity index (χ1) is 7.25. The number of benzene rings is 1. The molecule has 0 aromatic heterocycles. The third kappa shape index (κ3) is 2.57. The highest BCUT2D eigenvalue weighted by Gasteiger charge is 2.28. The normalized spacial score (nSPS) is 25.3. The van der Waals surface area contributed by atoms with Crippen LogP contribution in [0.25, 0.3) is 0 Å². The Morgan fingerprint density at radius 3 is 2.73 bits per heavy atom. The molecule has 0 spiro atoms. The lowest BCUT2D eigenvalue weighted by Crippen LogP contribution is -2.29. The Hall–Kier alpha value is -1.35. The Morgan fingerprint density at radius 2 is 2.13 bits per heavy atom. The van der Waals surface area contributed by atoms with Gasteiger partial charge in [-0.1, -0.05) is 30.3 Å². The van der Waals surface area contributed by atoms with E-state index in [0.717, 1.165) is 19.4 Å². The van der Waals surface area contributed by atoms with Gasteiger partial charge in [-0.15, -0.1) is 0 Å². The van der Waals surface area contributed by atoms with Crippen LogP contribution in [0.5, 0.6) is 0 Å². The molecule has 1 aromatic rings. The number of carbonyl (C=O) groups is 1. The van der Waals surface area contributed by atoms with E-state index in [4.69, 9.17) is 5.11 Å². The van der Waals surface area contributed by atoms with Gasteiger partial charge in [0.25, 0.3) is 0 Å². The molecule has 2 atom stereocenters. The quantitative estimate of drug-likeness (QED) is 0.781. The zero-order valence-electron chi connectivity index (χ0n) is 8.52. The lowest BCUT2D eigenvalue weighted by Gasteiger charge is -2.07. The van der Waals surface area contributed by atoms with Gasteiger partial charge < -0.3 is 10.4 Å². The van der Waals surface area contributed by atoms with Gasteiger partial charge in [-0.25, -0.2) is 0 Å². The molecular weight excluding hydrogens is 190 g/mol. The van der Waals surface area contributed by atoms with Crippen molar-refractivity contribution < 1.29 is 9.90 Å². The Balaban J connectivity index is 1.90. The smallest absolute Gasteiger partial charge is 0.320 e. The Kier molecular flexibility index (Phi) is 3.02. The van der Waals surface area contributed by atoms with Crippen LogP contribution in [0.3, 0.4) is 0 Å². The topological polar surface area (TPSA) is 49.3 Å². The van der Waals surface area contributed by atoms with Gasteiger partial charge >= 0.3 is 5.97 Å². The number of carboxylic acid groups (broad SMARTS) is 1. The van der Waals surface area contributed by atoms with Gasteiger partial charge in [0.15, 0.2) is 0 Å². The van der Waals surface area contributed by atoms with Gasteiger partial charge in [0.2, 0.25) is 0 Å². The summed E-state index contributed by atoms with van der Waals surface area (Å²) in [7, 11) is 0. The molecule has 3 nitrogen and oxygen atoms in total. The first-order valence-electron chi connectivity index (χ1n) is 5.26. The molecule has 0 unspecified atom stereocenters. The van der Waals surface area contributed by atoms with Gasteiger partial charge in [0.1, 0.15) is 6.04 Å². The van der Waals surface area contributed by atoms with Gasteiger partial charge in [0.05, 0.1) is 0 Å². The molecular formula is C12H15NO2. The van der Waals surface area contributed by atoms with Crippen molar-refractivity contribution >= 4 is 5.97 Å². The molecule has 1 aliphatic heterocycles. The number of hydrogen-bond acceptors (Lipinski definition) is 2. The predicted octanol–water partition coefficient (Wildman–Crippen LogP) is 1.29. The summed E-state index contributed by atoms with van der Waals surface area (Å²) in [5, 5.41) is 11.9. The standard InChI is InChI=1S/C12H15NO2/c14-12(15)11-7-10(8-13-11)6-9-4-2-1-3-5-9/h1-5,10-11,13H,6-8H2,(H,14,15)/t10-,11-/m0/s1. The van der Waals surface area contributed by atoms with Crippen LogP contribution in [-0.2, 0) is 11.2 Å². The maximum absolute atomic E-state index is 10.7. The molecule has 2 rings (SSSR count). The van der Waals surface area contributed by atoms with Crippen LogP contribution in [0.4, 0.5) is 0 Å². The molecule has 0 radical (unpaired) electrons. The van der Waals surface area contributed by atoms with E-state index < -0.39 is 5.97 Å². The zero-order chi connectivity index (χ0) is 10.7. The van der Waals surface area contributed by atoms with E-state index in [9.17, 15) is 4.79 Å². The fourth-order valence-electron chi connectivity index (χ4n) is 2.10. The van der Waals surface area contributed by atoms with Crippen molar-refractivity contribution in [2.75, 3.05) is 6.54 Å². The highest BCUT2D eigenvalue weighted by Crippen LogP contribution is 2.19. The number of nitrogens with one attached hydrogen (secondary N) is 1. The van der Waals surface area contributed by atoms with E-state index in [1.54, 1.807) is 0 Å². The molecule has 1 saturated heterocycles. The average molecular weight is 205 g/mol. The van der Waals surface area contributed by atoms with Crippen molar-refractivity contribution in [2.45, 2.75) is 18.9 Å². The van der Waals surface area contributed by atoms with Crippen molar-refractivity contribution in [1.82, 2.24) is 5.32 Å². The van der Waals surface area contributed by atoms with Gasteiger partial charge in [-0.05, 0) is 30.9 Å². The first-order valence-corrected chi connectivity index (χ1v) is 5.26. The third-order valence-corrected chi connectivity index (χ3v) is 2.89. The maximum atomic E-state index is 10.7. The molecule has 1 fully saturated rings. The second kappa shape index (κ2) is 4.45. The summed E-state index contributed by atoms with van der Waals surface area (Å²) in [5.74, 6) is -0.279. The number of aliphatic carboxylic acids is 1. The molecule has 0 bridgehead atoms. The minimum Gasteiger partial charge on any atom is -0.480 e. The lowest BCUT2D eigenvalue weighted by atomic mass is 9.97. The summed E-state index contributed by atoms with van der Waals surface area (Å²) in [4.78, 5) is 10.7. The molecule has 1 aliphatic rings. The van der Waals surface area contributed by atoms with Crippen LogP contribution < -0.4 is 5.32 Å². The molecule has 3 heteroatoms. The van der Waals surface area contributed by atoms with Crippen LogP contribution in [0.15, 0.2) is 30.3 Å². The molecule has 80 valence electrons. The van der Waals surface area contributed by atoms with Crippen molar-refractivity contribution in [3.63, 3.8) is 0 Å². The minimum absolute atomic E-state index is 0.348. The summed E-state index contributed by atoms with van der Waals surface area (Å²) < 4.78 is 0. The van der Waals surface area contributed by atoms with E-state index in [2.05, 4.69) is 17.4 Å². The van der Waals surface area contributed by atoms with Crippen molar-refractivity contribution in [1.29, 1.82) is 0 Å². The summed E-state index contributed by atoms with van der Waals surface area (Å²) in [6, 6.07) is 9.87. The minimum atomic E-state index is -0.731. The van der Waals surface area contributed by atoms with Gasteiger partial charge in [-0.3, -0.25) is 4.79 Å². The Bertz CT molecular complexity index is 337. The summed E-state index contributed by atoms with van der Waals surface area (Å²) in [6.07, 6.45) is 1.71. The summed E-state index contributed by atoms with van der Waals surface area (Å²) in [5.41, 5.74) is 1.29. The second-order valence-corrected chi connectivity index (χ2v) is 4.09. The van der Waals surface area contributed by atoms with E-state index >= 15 is 0 Å². The monoisotopic (exact) mass is 205 g/mol. The highest BCUT2D eigenvalue weighted by molar-refractivity contribution is 5.73. The fraction of sp³-hybridized carbons (Fsp3) is 0.417. The van der Waals surface area contributed by atoms with Crippen LogP contribution in [0.1, 0.15) is 12.0 Å². The third-order valence-electron chi connectivity index (χ3n) is 2.89. The summed E-state index contributed by atoms with van der Waals surface area (Å²) in [6.45, 7) is 0.811. The zero-order valence-corrected chi connectivity index (χ0v) is 8.52. The fourth-order valence-corrected chi connectivity index (χ4v) is 2.10. The molecule has 2 N–H and O–H groups in total. The van der Waals surface area contributed by atoms with Crippen LogP contribution in [0.2, 0.25) is 0 Å². The number of rotatable bonds is 3. The van der Waals surface area contributed by atoms with E-state index in [1.165, 1.54) is 5.56 Å². The molecule has 0 amide bonds. The lowest BCUT2D eigenvalue weighted by molar-refractivity contribution is -0.139. The molecule has 1 heterocycles. The second-order valence-electron chi connectivity index (χ2n) is 4.09. The van der Waals surface area contributed by atoms with Gasteiger partial charge in [-0.2, -0.15) is 0 Å². The van der Waals surface area contributed by atoms with Crippen molar-refractivity contribution in [3.8, 4) is 0 Å². The number of carboxylic acids is 1. The number of hydrogen-bond donors (Lipinski definition) is 2. The van der Waals surface area contributed by atoms with Crippen LogP contribution >= 0.6 is 0 Å². The van der Waals surface area contributed by atoms with Crippen LogP contribution in [-0.4, -0.2) is 23.7 Å². The van der Waals surface area contributed by atoms with E-state index in [0.29, 0.717) is 5.92 Å². The van der Waals surface area contributed by atoms with Crippen molar-refractivity contribution in [3.05, 3.63) is 35.9 Å². The SMILES string of the molecule is O=C(O)[C@@H]1C[C@H](Cc2ccccc2)CN1. The maximum Gasteiger partial charge on any atom is 0.320 e. The van der Waals surface area contributed by atoms with E-state index in [-0.39, 0.29) is 6.04 Å². The Labute approximate surface area is 89.1 Å². The molecule has 15 heavy (non-hydrogen) atoms. The van der Waals surface area contributed by atoms with Crippen LogP contribution in [0, 0.1) is 5.92 Å². The highest BCUT2D eigenvalue weighted by atomic mass is 16.4. The summed E-state index contributed by atoms with van der Waals surface area (Å²) >= 11 is 0. The van der Waals surface area contributed by atoms with Crippen molar-refractivity contribution in [2.24, 2.45) is 5.92 Å². The largest absolute Gasteiger partial charge is 0.480 e. The molecule has 1 aromatic carbocycles. The Morgan fingerprint density at radius 1 is 1.40 bits per heavy atom.